The lowest BCUT2D eigenvalue weighted by molar-refractivity contribution is -0.119. The summed E-state index contributed by atoms with van der Waals surface area (Å²) < 4.78 is 23.7. The molecule has 2 fully saturated rings. The van der Waals surface area contributed by atoms with Crippen molar-refractivity contribution in [2.75, 3.05) is 26.9 Å². The van der Waals surface area contributed by atoms with Gasteiger partial charge in [-0.15, -0.1) is 0 Å². The third kappa shape index (κ3) is 5.17. The van der Waals surface area contributed by atoms with Gasteiger partial charge in [0.2, 0.25) is 11.8 Å². The molecule has 0 saturated carbocycles. The summed E-state index contributed by atoms with van der Waals surface area (Å²) in [5.41, 5.74) is 2.41. The summed E-state index contributed by atoms with van der Waals surface area (Å²) in [7, 11) is 1.64. The fourth-order valence-corrected chi connectivity index (χ4v) is 4.73. The van der Waals surface area contributed by atoms with Crippen molar-refractivity contribution in [2.45, 2.75) is 44.8 Å². The van der Waals surface area contributed by atoms with E-state index >= 15 is 0 Å². The smallest absolute Gasteiger partial charge is 0.223 e. The molecule has 2 atom stereocenters. The first-order valence-corrected chi connectivity index (χ1v) is 12.3. The lowest BCUT2D eigenvalue weighted by atomic mass is 9.99. The number of hydrogen-bond donors (Lipinski definition) is 1. The van der Waals surface area contributed by atoms with Crippen LogP contribution in [0.25, 0.3) is 22.2 Å². The Morgan fingerprint density at radius 2 is 2.03 bits per heavy atom. The highest BCUT2D eigenvalue weighted by molar-refractivity contribution is 5.87. The maximum absolute atomic E-state index is 11.8. The van der Waals surface area contributed by atoms with Crippen LogP contribution in [-0.2, 0) is 9.53 Å². The van der Waals surface area contributed by atoms with Gasteiger partial charge in [-0.25, -0.2) is 4.98 Å². The molecule has 8 nitrogen and oxygen atoms in total. The number of carbonyl (C=O) groups is 1. The molecule has 35 heavy (non-hydrogen) atoms. The molecule has 0 aliphatic carbocycles. The van der Waals surface area contributed by atoms with E-state index < -0.39 is 0 Å². The van der Waals surface area contributed by atoms with Crippen molar-refractivity contribution in [1.82, 2.24) is 15.3 Å². The largest absolute Gasteiger partial charge is 0.493 e. The summed E-state index contributed by atoms with van der Waals surface area (Å²) in [6, 6.07) is 11.6. The molecule has 0 bridgehead atoms. The Labute approximate surface area is 205 Å². The van der Waals surface area contributed by atoms with E-state index in [1.807, 2.05) is 36.4 Å². The zero-order chi connectivity index (χ0) is 24.2. The second kappa shape index (κ2) is 10.5. The van der Waals surface area contributed by atoms with Crippen LogP contribution >= 0.6 is 0 Å². The number of benzene rings is 1. The first-order chi connectivity index (χ1) is 17.1. The molecule has 0 unspecified atom stereocenters. The van der Waals surface area contributed by atoms with Crippen molar-refractivity contribution in [3.05, 3.63) is 42.6 Å². The van der Waals surface area contributed by atoms with Gasteiger partial charge < -0.3 is 24.3 Å². The van der Waals surface area contributed by atoms with Crippen molar-refractivity contribution in [3.63, 3.8) is 0 Å². The van der Waals surface area contributed by atoms with Gasteiger partial charge in [0.1, 0.15) is 12.2 Å². The average Bonchev–Trinajstić information content (AvgIpc) is 3.33. The molecule has 2 aliphatic rings. The molecular formula is C27H31N3O5. The molecule has 1 aromatic carbocycles. The van der Waals surface area contributed by atoms with E-state index in [0.29, 0.717) is 43.6 Å². The second-order valence-electron chi connectivity index (χ2n) is 9.01. The summed E-state index contributed by atoms with van der Waals surface area (Å²) in [5.74, 6) is 2.08. The molecule has 0 spiro atoms. The van der Waals surface area contributed by atoms with Crippen LogP contribution in [0.1, 0.15) is 32.6 Å². The first kappa shape index (κ1) is 23.4. The number of pyridine rings is 2. The molecule has 2 saturated heterocycles. The zero-order valence-electron chi connectivity index (χ0n) is 20.2. The van der Waals surface area contributed by atoms with Gasteiger partial charge in [-0.1, -0.05) is 6.92 Å². The molecule has 0 radical (unpaired) electrons. The Morgan fingerprint density at radius 1 is 1.17 bits per heavy atom. The van der Waals surface area contributed by atoms with Gasteiger partial charge in [0.05, 0.1) is 36.9 Å². The molecule has 1 amide bonds. The molecule has 5 rings (SSSR count). The molecule has 8 heteroatoms. The van der Waals surface area contributed by atoms with Crippen LogP contribution in [0.4, 0.5) is 0 Å². The molecule has 184 valence electrons. The Kier molecular flexibility index (Phi) is 6.99. The van der Waals surface area contributed by atoms with Crippen LogP contribution in [0.3, 0.4) is 0 Å². The van der Waals surface area contributed by atoms with Crippen LogP contribution in [-0.4, -0.2) is 55.0 Å². The Hall–Kier alpha value is -3.39. The lowest BCUT2D eigenvalue weighted by Crippen LogP contribution is -2.28. The summed E-state index contributed by atoms with van der Waals surface area (Å²) in [4.78, 5) is 21.2. The van der Waals surface area contributed by atoms with E-state index in [4.69, 9.17) is 23.9 Å². The van der Waals surface area contributed by atoms with Crippen molar-refractivity contribution in [2.24, 2.45) is 5.92 Å². The SMILES string of the molecule is CC[C@@H](Oc1nc(-c2ccc(OC3CCOCC3)c(OC)c2)cc2ncccc12)[C@H]1CNC(=O)C1. The van der Waals surface area contributed by atoms with Gasteiger partial charge in [0, 0.05) is 43.5 Å². The average molecular weight is 478 g/mol. The van der Waals surface area contributed by atoms with Crippen molar-refractivity contribution in [3.8, 4) is 28.6 Å². The van der Waals surface area contributed by atoms with Crippen molar-refractivity contribution >= 4 is 16.8 Å². The second-order valence-corrected chi connectivity index (χ2v) is 9.01. The van der Waals surface area contributed by atoms with Gasteiger partial charge in [-0.2, -0.15) is 0 Å². The normalized spacial score (nSPS) is 19.4. The molecule has 3 aromatic rings. The summed E-state index contributed by atoms with van der Waals surface area (Å²) in [5, 5.41) is 3.75. The van der Waals surface area contributed by atoms with Crippen LogP contribution < -0.4 is 19.5 Å². The zero-order valence-corrected chi connectivity index (χ0v) is 20.2. The minimum absolute atomic E-state index is 0.0699. The van der Waals surface area contributed by atoms with Crippen LogP contribution in [0.5, 0.6) is 17.4 Å². The lowest BCUT2D eigenvalue weighted by Gasteiger charge is -2.24. The van der Waals surface area contributed by atoms with E-state index in [1.165, 1.54) is 0 Å². The molecule has 4 heterocycles. The van der Waals surface area contributed by atoms with E-state index in [1.54, 1.807) is 13.3 Å². The molecule has 1 N–H and O–H groups in total. The Bertz CT molecular complexity index is 1190. The highest BCUT2D eigenvalue weighted by Crippen LogP contribution is 2.36. The first-order valence-electron chi connectivity index (χ1n) is 12.3. The Morgan fingerprint density at radius 3 is 2.77 bits per heavy atom. The van der Waals surface area contributed by atoms with Gasteiger partial charge in [0.15, 0.2) is 11.5 Å². The number of nitrogens with one attached hydrogen (secondary N) is 1. The molecule has 2 aromatic heterocycles. The van der Waals surface area contributed by atoms with Gasteiger partial charge >= 0.3 is 0 Å². The predicted molar refractivity (Wildman–Crippen MR) is 132 cm³/mol. The Balaban J connectivity index is 1.46. The number of aromatic nitrogens is 2. The number of rotatable bonds is 8. The number of nitrogens with zero attached hydrogens (tertiary/aromatic N) is 2. The quantitative estimate of drug-likeness (QED) is 0.521. The number of methoxy groups -OCH3 is 1. The maximum Gasteiger partial charge on any atom is 0.223 e. The topological polar surface area (TPSA) is 91.8 Å². The van der Waals surface area contributed by atoms with E-state index in [2.05, 4.69) is 17.2 Å². The maximum atomic E-state index is 11.8. The standard InChI is InChI=1S/C27H31N3O5/c1-3-23(18-14-26(31)29-16-18)35-27-20-5-4-10-28-22(20)15-21(30-27)17-6-7-24(25(13-17)32-2)34-19-8-11-33-12-9-19/h4-7,10,13,15,18-19,23H,3,8-9,11-12,14,16H2,1-2H3,(H,29,31)/t18-,23-/m1/s1. The fraction of sp³-hybridized carbons (Fsp3) is 0.444. The number of hydrogen-bond acceptors (Lipinski definition) is 7. The number of amides is 1. The van der Waals surface area contributed by atoms with Crippen LogP contribution in [0, 0.1) is 5.92 Å². The monoisotopic (exact) mass is 477 g/mol. The molecule has 2 aliphatic heterocycles. The van der Waals surface area contributed by atoms with Gasteiger partial charge in [-0.3, -0.25) is 9.78 Å². The van der Waals surface area contributed by atoms with Crippen molar-refractivity contribution in [1.29, 1.82) is 0 Å². The highest BCUT2D eigenvalue weighted by atomic mass is 16.5. The van der Waals surface area contributed by atoms with E-state index in [9.17, 15) is 4.79 Å². The minimum atomic E-state index is -0.120. The van der Waals surface area contributed by atoms with Crippen LogP contribution in [0.2, 0.25) is 0 Å². The summed E-state index contributed by atoms with van der Waals surface area (Å²) in [6.07, 6.45) is 4.74. The van der Waals surface area contributed by atoms with Crippen LogP contribution in [0.15, 0.2) is 42.6 Å². The van der Waals surface area contributed by atoms with E-state index in [0.717, 1.165) is 41.4 Å². The fourth-order valence-electron chi connectivity index (χ4n) is 4.73. The number of ether oxygens (including phenoxy) is 4. The van der Waals surface area contributed by atoms with Crippen molar-refractivity contribution < 1.29 is 23.7 Å². The summed E-state index contributed by atoms with van der Waals surface area (Å²) >= 11 is 0. The minimum Gasteiger partial charge on any atom is -0.493 e. The van der Waals surface area contributed by atoms with Gasteiger partial charge in [0.25, 0.3) is 0 Å². The third-order valence-corrected chi connectivity index (χ3v) is 6.69. The van der Waals surface area contributed by atoms with E-state index in [-0.39, 0.29) is 24.0 Å². The molecular weight excluding hydrogens is 446 g/mol. The third-order valence-electron chi connectivity index (χ3n) is 6.69. The predicted octanol–water partition coefficient (Wildman–Crippen LogP) is 4.16. The van der Waals surface area contributed by atoms with Gasteiger partial charge in [-0.05, 0) is 42.8 Å². The highest BCUT2D eigenvalue weighted by Gasteiger charge is 2.30. The number of fused-ring (bicyclic) bond motifs is 1. The summed E-state index contributed by atoms with van der Waals surface area (Å²) in [6.45, 7) is 4.12. The number of carbonyl (C=O) groups excluding carboxylic acids is 1.